The molecule has 0 saturated heterocycles. The molecule has 2 aromatic carbocycles. The van der Waals surface area contributed by atoms with Crippen LogP contribution in [-0.4, -0.2) is 53.2 Å². The van der Waals surface area contributed by atoms with Crippen LogP contribution in [0.1, 0.15) is 0 Å². The number of thioether (sulfide) groups is 1. The van der Waals surface area contributed by atoms with Gasteiger partial charge in [-0.05, 0) is 24.3 Å². The second-order valence-electron chi connectivity index (χ2n) is 6.32. The van der Waals surface area contributed by atoms with Crippen LogP contribution in [0, 0.1) is 0 Å². The summed E-state index contributed by atoms with van der Waals surface area (Å²) >= 11 is 7.48. The second-order valence-corrected chi connectivity index (χ2v) is 7.67. The maximum atomic E-state index is 12.4. The summed E-state index contributed by atoms with van der Waals surface area (Å²) in [5, 5.41) is 12.7. The minimum atomic E-state index is -0.237. The Kier molecular flexibility index (Phi) is 6.01. The number of carbonyl (C=O) groups is 1. The van der Waals surface area contributed by atoms with E-state index in [1.807, 2.05) is 0 Å². The Morgan fingerprint density at radius 2 is 1.90 bits per heavy atom. The molecule has 0 unspecified atom stereocenters. The van der Waals surface area contributed by atoms with Crippen molar-refractivity contribution in [3.8, 4) is 17.2 Å². The Balaban J connectivity index is 1.51. The van der Waals surface area contributed by atoms with Gasteiger partial charge in [-0.15, -0.1) is 10.2 Å². The van der Waals surface area contributed by atoms with Gasteiger partial charge in [0.1, 0.15) is 22.8 Å². The number of H-pyrrole nitrogens is 1. The third-order valence-corrected chi connectivity index (χ3v) is 5.65. The lowest BCUT2D eigenvalue weighted by Gasteiger charge is -2.11. The zero-order valence-electron chi connectivity index (χ0n) is 16.9. The minimum absolute atomic E-state index is 0.0900. The molecule has 0 aliphatic rings. The predicted octanol–water partition coefficient (Wildman–Crippen LogP) is 3.92. The van der Waals surface area contributed by atoms with Gasteiger partial charge in [0.05, 0.1) is 48.7 Å². The normalized spacial score (nSPS) is 11.0. The Morgan fingerprint density at radius 1 is 1.10 bits per heavy atom. The number of carbonyl (C=O) groups excluding carboxylic acids is 1. The van der Waals surface area contributed by atoms with Crippen molar-refractivity contribution in [3.63, 3.8) is 0 Å². The van der Waals surface area contributed by atoms with Crippen molar-refractivity contribution in [3.05, 3.63) is 35.4 Å². The standard InChI is InChI=1S/C20H18ClN5O4S/c1-28-10-4-6-12(14(8-10)30-3)22-15(27)9-31-20-24-19-18(25-26-20)16-11(21)5-7-13(29-2)17(16)23-19/h4-8H,9H2,1-3H3,(H,22,27)(H,23,24,26). The van der Waals surface area contributed by atoms with Crippen LogP contribution in [0.5, 0.6) is 17.2 Å². The van der Waals surface area contributed by atoms with Gasteiger partial charge >= 0.3 is 0 Å². The van der Waals surface area contributed by atoms with E-state index >= 15 is 0 Å². The SMILES string of the molecule is COc1ccc(NC(=O)CSc2nnc3c(n2)[nH]c2c(OC)ccc(Cl)c23)c(OC)c1. The molecule has 4 aromatic rings. The first-order chi connectivity index (χ1) is 15.0. The van der Waals surface area contributed by atoms with Crippen molar-refractivity contribution in [2.75, 3.05) is 32.4 Å². The number of methoxy groups -OCH3 is 3. The maximum absolute atomic E-state index is 12.4. The molecule has 11 heteroatoms. The fraction of sp³-hybridized carbons (Fsp3) is 0.200. The smallest absolute Gasteiger partial charge is 0.234 e. The van der Waals surface area contributed by atoms with Gasteiger partial charge in [-0.1, -0.05) is 23.4 Å². The summed E-state index contributed by atoms with van der Waals surface area (Å²) in [7, 11) is 4.66. The third kappa shape index (κ3) is 4.17. The van der Waals surface area contributed by atoms with Gasteiger partial charge in [0.15, 0.2) is 5.65 Å². The molecule has 160 valence electrons. The zero-order chi connectivity index (χ0) is 22.0. The van der Waals surface area contributed by atoms with Gasteiger partial charge in [-0.3, -0.25) is 4.79 Å². The van der Waals surface area contributed by atoms with Crippen LogP contribution in [0.15, 0.2) is 35.5 Å². The predicted molar refractivity (Wildman–Crippen MR) is 120 cm³/mol. The van der Waals surface area contributed by atoms with Gasteiger partial charge < -0.3 is 24.5 Å². The van der Waals surface area contributed by atoms with Gasteiger partial charge in [0.25, 0.3) is 0 Å². The lowest BCUT2D eigenvalue weighted by Crippen LogP contribution is -2.15. The Labute approximate surface area is 186 Å². The summed E-state index contributed by atoms with van der Waals surface area (Å²) in [6.07, 6.45) is 0. The molecule has 0 bridgehead atoms. The number of ether oxygens (including phenoxy) is 3. The number of aromatic amines is 1. The quantitative estimate of drug-likeness (QED) is 0.400. The number of fused-ring (bicyclic) bond motifs is 3. The summed E-state index contributed by atoms with van der Waals surface area (Å²) in [6.45, 7) is 0. The molecule has 1 amide bonds. The van der Waals surface area contributed by atoms with Crippen LogP contribution < -0.4 is 19.5 Å². The Bertz CT molecular complexity index is 1280. The third-order valence-electron chi connectivity index (χ3n) is 4.50. The summed E-state index contributed by atoms with van der Waals surface area (Å²) in [5.74, 6) is 1.61. The lowest BCUT2D eigenvalue weighted by molar-refractivity contribution is -0.113. The highest BCUT2D eigenvalue weighted by molar-refractivity contribution is 7.99. The average Bonchev–Trinajstić information content (AvgIpc) is 3.18. The number of rotatable bonds is 7. The molecule has 0 atom stereocenters. The van der Waals surface area contributed by atoms with Crippen LogP contribution in [0.25, 0.3) is 22.1 Å². The number of benzene rings is 2. The first-order valence-corrected chi connectivity index (χ1v) is 10.4. The summed E-state index contributed by atoms with van der Waals surface area (Å²) in [4.78, 5) is 20.0. The monoisotopic (exact) mass is 459 g/mol. The van der Waals surface area contributed by atoms with Gasteiger partial charge in [0.2, 0.25) is 11.1 Å². The highest BCUT2D eigenvalue weighted by Gasteiger charge is 2.16. The number of hydrogen-bond acceptors (Lipinski definition) is 8. The molecule has 4 rings (SSSR count). The summed E-state index contributed by atoms with van der Waals surface area (Å²) in [6, 6.07) is 8.64. The average molecular weight is 460 g/mol. The van der Waals surface area contributed by atoms with E-state index < -0.39 is 0 Å². The highest BCUT2D eigenvalue weighted by atomic mass is 35.5. The van der Waals surface area contributed by atoms with Crippen molar-refractivity contribution >= 4 is 57.0 Å². The van der Waals surface area contributed by atoms with Crippen LogP contribution in [0.2, 0.25) is 5.02 Å². The molecular weight excluding hydrogens is 442 g/mol. The molecule has 2 N–H and O–H groups in total. The van der Waals surface area contributed by atoms with E-state index in [-0.39, 0.29) is 11.7 Å². The molecule has 0 spiro atoms. The first kappa shape index (κ1) is 21.0. The minimum Gasteiger partial charge on any atom is -0.497 e. The molecule has 9 nitrogen and oxygen atoms in total. The molecular formula is C20H18ClN5O4S. The number of halogens is 1. The highest BCUT2D eigenvalue weighted by Crippen LogP contribution is 2.35. The van der Waals surface area contributed by atoms with Crippen molar-refractivity contribution < 1.29 is 19.0 Å². The van der Waals surface area contributed by atoms with E-state index in [9.17, 15) is 4.79 Å². The van der Waals surface area contributed by atoms with E-state index in [1.54, 1.807) is 44.6 Å². The zero-order valence-corrected chi connectivity index (χ0v) is 18.4. The fourth-order valence-electron chi connectivity index (χ4n) is 3.05. The molecule has 0 fully saturated rings. The van der Waals surface area contributed by atoms with Gasteiger partial charge in [0, 0.05) is 6.07 Å². The Morgan fingerprint density at radius 3 is 2.65 bits per heavy atom. The topological polar surface area (TPSA) is 111 Å². The lowest BCUT2D eigenvalue weighted by atomic mass is 10.2. The van der Waals surface area contributed by atoms with Crippen LogP contribution in [0.3, 0.4) is 0 Å². The van der Waals surface area contributed by atoms with E-state index in [4.69, 9.17) is 25.8 Å². The molecule has 2 heterocycles. The van der Waals surface area contributed by atoms with Crippen LogP contribution in [0.4, 0.5) is 5.69 Å². The fourth-order valence-corrected chi connectivity index (χ4v) is 3.88. The van der Waals surface area contributed by atoms with Crippen LogP contribution >= 0.6 is 23.4 Å². The molecule has 0 radical (unpaired) electrons. The van der Waals surface area contributed by atoms with E-state index in [0.717, 1.165) is 11.8 Å². The number of aromatic nitrogens is 4. The number of nitrogens with one attached hydrogen (secondary N) is 2. The maximum Gasteiger partial charge on any atom is 0.234 e. The molecule has 31 heavy (non-hydrogen) atoms. The van der Waals surface area contributed by atoms with Crippen molar-refractivity contribution in [1.29, 1.82) is 0 Å². The molecule has 0 aliphatic carbocycles. The van der Waals surface area contributed by atoms with Crippen LogP contribution in [-0.2, 0) is 4.79 Å². The van der Waals surface area contributed by atoms with E-state index in [0.29, 0.717) is 55.2 Å². The molecule has 0 saturated carbocycles. The van der Waals surface area contributed by atoms with Gasteiger partial charge in [-0.25, -0.2) is 4.98 Å². The Hall–Kier alpha value is -3.24. The number of nitrogens with zero attached hydrogens (tertiary/aromatic N) is 3. The number of hydrogen-bond donors (Lipinski definition) is 2. The number of amides is 1. The van der Waals surface area contributed by atoms with Crippen molar-refractivity contribution in [1.82, 2.24) is 20.2 Å². The van der Waals surface area contributed by atoms with Crippen molar-refractivity contribution in [2.45, 2.75) is 5.16 Å². The van der Waals surface area contributed by atoms with E-state index in [2.05, 4.69) is 25.5 Å². The summed E-state index contributed by atoms with van der Waals surface area (Å²) in [5.41, 5.74) is 2.28. The summed E-state index contributed by atoms with van der Waals surface area (Å²) < 4.78 is 15.8. The van der Waals surface area contributed by atoms with Crippen molar-refractivity contribution in [2.24, 2.45) is 0 Å². The van der Waals surface area contributed by atoms with E-state index in [1.165, 1.54) is 7.11 Å². The van der Waals surface area contributed by atoms with Gasteiger partial charge in [-0.2, -0.15) is 0 Å². The molecule has 0 aliphatic heterocycles. The molecule has 2 aromatic heterocycles. The first-order valence-electron chi connectivity index (χ1n) is 9.07. The number of anilines is 1. The second kappa shape index (κ2) is 8.86. The largest absolute Gasteiger partial charge is 0.497 e.